The summed E-state index contributed by atoms with van der Waals surface area (Å²) < 4.78 is 25.5. The second kappa shape index (κ2) is 7.59. The van der Waals surface area contributed by atoms with E-state index in [2.05, 4.69) is 6.58 Å². The lowest BCUT2D eigenvalue weighted by molar-refractivity contribution is -0.205. The van der Waals surface area contributed by atoms with Crippen LogP contribution in [0, 0.1) is 0 Å². The molecule has 2 rings (SSSR count). The van der Waals surface area contributed by atoms with Gasteiger partial charge < -0.3 is 33.9 Å². The fourth-order valence-electron chi connectivity index (χ4n) is 2.32. The van der Waals surface area contributed by atoms with E-state index in [4.69, 9.17) is 33.9 Å². The van der Waals surface area contributed by atoms with Crippen LogP contribution in [0.4, 0.5) is 0 Å². The Hall–Kier alpha value is -2.50. The van der Waals surface area contributed by atoms with Crippen molar-refractivity contribution in [2.75, 3.05) is 13.2 Å². The van der Waals surface area contributed by atoms with Crippen molar-refractivity contribution in [3.05, 3.63) is 12.2 Å². The maximum Gasteiger partial charge on any atom is 0.350 e. The maximum absolute atomic E-state index is 11.9. The van der Waals surface area contributed by atoms with Crippen LogP contribution in [0.5, 0.6) is 0 Å². The van der Waals surface area contributed by atoms with Crippen LogP contribution in [-0.4, -0.2) is 78.0 Å². The molecule has 2 fully saturated rings. The summed E-state index contributed by atoms with van der Waals surface area (Å²) in [6.07, 6.45) is -6.19. The normalized spacial score (nSPS) is 30.4. The van der Waals surface area contributed by atoms with Crippen molar-refractivity contribution in [1.82, 2.24) is 0 Å². The van der Waals surface area contributed by atoms with Gasteiger partial charge in [0, 0.05) is 5.57 Å². The van der Waals surface area contributed by atoms with Gasteiger partial charge in [0.15, 0.2) is 12.4 Å². The van der Waals surface area contributed by atoms with Gasteiger partial charge in [0.1, 0.15) is 25.4 Å². The molecule has 138 valence electrons. The third-order valence-electron chi connectivity index (χ3n) is 3.34. The Labute approximate surface area is 141 Å². The average Bonchev–Trinajstić information content (AvgIpc) is 2.99. The molecular formula is C14H16O11. The highest BCUT2D eigenvalue weighted by Gasteiger charge is 2.60. The molecule has 2 N–H and O–H groups in total. The molecule has 0 aromatic rings. The smallest absolute Gasteiger partial charge is 0.350 e. The summed E-state index contributed by atoms with van der Waals surface area (Å²) in [5, 5.41) is 17.4. The van der Waals surface area contributed by atoms with E-state index >= 15 is 0 Å². The first-order valence-electron chi connectivity index (χ1n) is 7.10. The first kappa shape index (κ1) is 18.8. The second-order valence-electron chi connectivity index (χ2n) is 5.35. The quantitative estimate of drug-likeness (QED) is 0.392. The monoisotopic (exact) mass is 360 g/mol. The summed E-state index contributed by atoms with van der Waals surface area (Å²) in [4.78, 5) is 44.8. The van der Waals surface area contributed by atoms with Crippen LogP contribution in [0.3, 0.4) is 0 Å². The van der Waals surface area contributed by atoms with E-state index in [1.165, 1.54) is 6.92 Å². The fourth-order valence-corrected chi connectivity index (χ4v) is 2.32. The van der Waals surface area contributed by atoms with Gasteiger partial charge in [0.05, 0.1) is 0 Å². The Morgan fingerprint density at radius 1 is 1.12 bits per heavy atom. The topological polar surface area (TPSA) is 155 Å². The Morgan fingerprint density at radius 3 is 2.28 bits per heavy atom. The minimum Gasteiger partial charge on any atom is -0.480 e. The van der Waals surface area contributed by atoms with Gasteiger partial charge in [-0.3, -0.25) is 0 Å². The number of carbonyl (C=O) groups excluding carboxylic acids is 2. The van der Waals surface area contributed by atoms with Crippen LogP contribution in [0.2, 0.25) is 0 Å². The minimum atomic E-state index is -1.43. The second-order valence-corrected chi connectivity index (χ2v) is 5.35. The van der Waals surface area contributed by atoms with Gasteiger partial charge in [-0.1, -0.05) is 6.58 Å². The Balaban J connectivity index is 2.13. The van der Waals surface area contributed by atoms with Gasteiger partial charge in [-0.15, -0.1) is 0 Å². The zero-order chi connectivity index (χ0) is 18.7. The molecule has 0 saturated carbocycles. The SMILES string of the molecule is C=C(C)C(=O)OC1C(=O)OC2C(OCC(=O)O)C(OCC(=O)O)OC12. The van der Waals surface area contributed by atoms with Crippen molar-refractivity contribution in [2.24, 2.45) is 0 Å². The summed E-state index contributed by atoms with van der Waals surface area (Å²) in [5.74, 6) is -4.33. The zero-order valence-corrected chi connectivity index (χ0v) is 13.1. The average molecular weight is 360 g/mol. The largest absolute Gasteiger partial charge is 0.480 e. The first-order valence-corrected chi connectivity index (χ1v) is 7.10. The Bertz CT molecular complexity index is 598. The molecule has 0 bridgehead atoms. The molecular weight excluding hydrogens is 344 g/mol. The lowest BCUT2D eigenvalue weighted by Crippen LogP contribution is -2.38. The maximum atomic E-state index is 11.9. The molecule has 0 amide bonds. The highest BCUT2D eigenvalue weighted by molar-refractivity contribution is 5.90. The van der Waals surface area contributed by atoms with E-state index in [9.17, 15) is 19.2 Å². The zero-order valence-electron chi connectivity index (χ0n) is 13.1. The van der Waals surface area contributed by atoms with Gasteiger partial charge in [-0.05, 0) is 6.92 Å². The molecule has 0 aromatic heterocycles. The predicted octanol–water partition coefficient (Wildman–Crippen LogP) is -1.30. The predicted molar refractivity (Wildman–Crippen MR) is 74.2 cm³/mol. The molecule has 2 aliphatic rings. The van der Waals surface area contributed by atoms with Crippen molar-refractivity contribution in [3.63, 3.8) is 0 Å². The molecule has 11 heteroatoms. The molecule has 0 aromatic carbocycles. The van der Waals surface area contributed by atoms with Crippen LogP contribution in [-0.2, 0) is 42.9 Å². The number of rotatable bonds is 8. The van der Waals surface area contributed by atoms with Crippen LogP contribution >= 0.6 is 0 Å². The fraction of sp³-hybridized carbons (Fsp3) is 0.571. The molecule has 25 heavy (non-hydrogen) atoms. The van der Waals surface area contributed by atoms with Crippen molar-refractivity contribution in [3.8, 4) is 0 Å². The molecule has 5 atom stereocenters. The van der Waals surface area contributed by atoms with Crippen LogP contribution < -0.4 is 0 Å². The minimum absolute atomic E-state index is 0.0478. The lowest BCUT2D eigenvalue weighted by atomic mass is 10.1. The number of hydrogen-bond acceptors (Lipinski definition) is 9. The van der Waals surface area contributed by atoms with Gasteiger partial charge in [-0.2, -0.15) is 0 Å². The third kappa shape index (κ3) is 4.32. The number of fused-ring (bicyclic) bond motifs is 1. The van der Waals surface area contributed by atoms with Gasteiger partial charge in [-0.25, -0.2) is 19.2 Å². The number of aliphatic carboxylic acids is 2. The van der Waals surface area contributed by atoms with Crippen molar-refractivity contribution in [1.29, 1.82) is 0 Å². The molecule has 0 spiro atoms. The highest BCUT2D eigenvalue weighted by Crippen LogP contribution is 2.36. The number of esters is 2. The number of carboxylic acids is 2. The number of hydrogen-bond donors (Lipinski definition) is 2. The van der Waals surface area contributed by atoms with E-state index in [-0.39, 0.29) is 5.57 Å². The third-order valence-corrected chi connectivity index (χ3v) is 3.34. The van der Waals surface area contributed by atoms with Crippen LogP contribution in [0.15, 0.2) is 12.2 Å². The summed E-state index contributed by atoms with van der Waals surface area (Å²) in [6.45, 7) is 3.27. The van der Waals surface area contributed by atoms with Crippen LogP contribution in [0.1, 0.15) is 6.92 Å². The lowest BCUT2D eigenvalue weighted by Gasteiger charge is -2.21. The van der Waals surface area contributed by atoms with E-state index in [0.717, 1.165) is 0 Å². The first-order chi connectivity index (χ1) is 11.7. The van der Waals surface area contributed by atoms with Gasteiger partial charge in [0.25, 0.3) is 0 Å². The van der Waals surface area contributed by atoms with Crippen molar-refractivity contribution >= 4 is 23.9 Å². The molecule has 11 nitrogen and oxygen atoms in total. The molecule has 0 aliphatic carbocycles. The van der Waals surface area contributed by atoms with Gasteiger partial charge in [0.2, 0.25) is 6.10 Å². The molecule has 2 saturated heterocycles. The molecule has 2 aliphatic heterocycles. The van der Waals surface area contributed by atoms with Crippen LogP contribution in [0.25, 0.3) is 0 Å². The number of carboxylic acid groups (broad SMARTS) is 2. The van der Waals surface area contributed by atoms with E-state index in [1.54, 1.807) is 0 Å². The summed E-state index contributed by atoms with van der Waals surface area (Å²) in [7, 11) is 0. The summed E-state index contributed by atoms with van der Waals surface area (Å²) in [6, 6.07) is 0. The number of carbonyl (C=O) groups is 4. The van der Waals surface area contributed by atoms with Gasteiger partial charge >= 0.3 is 23.9 Å². The van der Waals surface area contributed by atoms with E-state index in [1.807, 2.05) is 0 Å². The standard InChI is InChI=1S/C14H16O11/c1-5(2)12(19)24-10-8-9(23-13(10)20)11(21-3-6(15)16)14(25-8)22-4-7(17)18/h8-11,14H,1,3-4H2,2H3,(H,15,16)(H,17,18). The van der Waals surface area contributed by atoms with Crippen molar-refractivity contribution < 1.29 is 53.1 Å². The Morgan fingerprint density at radius 2 is 1.72 bits per heavy atom. The molecule has 5 unspecified atom stereocenters. The van der Waals surface area contributed by atoms with Crippen molar-refractivity contribution in [2.45, 2.75) is 37.6 Å². The Kier molecular flexibility index (Phi) is 5.72. The van der Waals surface area contributed by atoms with E-state index in [0.29, 0.717) is 0 Å². The number of ether oxygens (including phenoxy) is 5. The molecule has 0 radical (unpaired) electrons. The molecule has 2 heterocycles. The van der Waals surface area contributed by atoms with E-state index < -0.39 is 67.8 Å². The summed E-state index contributed by atoms with van der Waals surface area (Å²) in [5.41, 5.74) is 0.0478. The highest BCUT2D eigenvalue weighted by atomic mass is 16.8. The summed E-state index contributed by atoms with van der Waals surface area (Å²) >= 11 is 0.